The maximum absolute atomic E-state index is 12.6. The summed E-state index contributed by atoms with van der Waals surface area (Å²) in [7, 11) is -3.75. The molecule has 0 fully saturated rings. The Bertz CT molecular complexity index is 1320. The molecule has 0 unspecified atom stereocenters. The molecule has 34 heavy (non-hydrogen) atoms. The number of ether oxygens (including phenoxy) is 1. The van der Waals surface area contributed by atoms with Gasteiger partial charge in [0.25, 0.3) is 5.91 Å². The molecule has 1 N–H and O–H groups in total. The average molecular weight is 507 g/mol. The van der Waals surface area contributed by atoms with E-state index in [0.717, 1.165) is 12.8 Å². The van der Waals surface area contributed by atoms with Crippen molar-refractivity contribution in [3.63, 3.8) is 0 Å². The standard InChI is InChI=1S/C23H27ClN4O5S/c1-4-6-7-12-34(31,32)27-22(29)20-11-10-19-21(26-20)28(15(3)25-19)14-17-9-8-16(13-18(17)24)23(30)33-5-2/h8-11,13H,4-7,12,14H2,1-3H3,(H,27,29). The van der Waals surface area contributed by atoms with E-state index in [0.29, 0.717) is 39.6 Å². The van der Waals surface area contributed by atoms with Crippen molar-refractivity contribution in [2.75, 3.05) is 12.4 Å². The van der Waals surface area contributed by atoms with Gasteiger partial charge in [-0.2, -0.15) is 0 Å². The fourth-order valence-electron chi connectivity index (χ4n) is 3.40. The molecular formula is C23H27ClN4O5S. The van der Waals surface area contributed by atoms with Gasteiger partial charge in [0.2, 0.25) is 10.0 Å². The Hall–Kier alpha value is -2.98. The van der Waals surface area contributed by atoms with Crippen molar-refractivity contribution in [3.8, 4) is 0 Å². The maximum Gasteiger partial charge on any atom is 0.338 e. The van der Waals surface area contributed by atoms with Gasteiger partial charge >= 0.3 is 5.97 Å². The smallest absolute Gasteiger partial charge is 0.338 e. The molecule has 182 valence electrons. The van der Waals surface area contributed by atoms with E-state index in [9.17, 15) is 18.0 Å². The van der Waals surface area contributed by atoms with E-state index in [1.807, 2.05) is 6.92 Å². The number of carbonyl (C=O) groups is 2. The number of pyridine rings is 1. The summed E-state index contributed by atoms with van der Waals surface area (Å²) in [5.74, 6) is -0.729. The molecule has 0 aliphatic carbocycles. The normalized spacial score (nSPS) is 11.5. The molecule has 1 amide bonds. The summed E-state index contributed by atoms with van der Waals surface area (Å²) in [4.78, 5) is 33.4. The largest absolute Gasteiger partial charge is 0.462 e. The number of hydrogen-bond acceptors (Lipinski definition) is 7. The van der Waals surface area contributed by atoms with Gasteiger partial charge in [0.15, 0.2) is 5.65 Å². The number of nitrogens with one attached hydrogen (secondary N) is 1. The number of carbonyl (C=O) groups excluding carboxylic acids is 2. The van der Waals surface area contributed by atoms with Crippen molar-refractivity contribution in [1.82, 2.24) is 19.3 Å². The predicted molar refractivity (Wildman–Crippen MR) is 130 cm³/mol. The van der Waals surface area contributed by atoms with Crippen LogP contribution in [-0.2, 0) is 21.3 Å². The first kappa shape index (κ1) is 25.6. The first-order chi connectivity index (χ1) is 16.1. The van der Waals surface area contributed by atoms with Gasteiger partial charge in [-0.3, -0.25) is 4.79 Å². The molecule has 0 aliphatic heterocycles. The van der Waals surface area contributed by atoms with Crippen LogP contribution >= 0.6 is 11.6 Å². The van der Waals surface area contributed by atoms with E-state index < -0.39 is 21.9 Å². The minimum Gasteiger partial charge on any atom is -0.462 e. The van der Waals surface area contributed by atoms with Crippen LogP contribution in [0, 0.1) is 6.92 Å². The van der Waals surface area contributed by atoms with Crippen molar-refractivity contribution in [2.24, 2.45) is 0 Å². The van der Waals surface area contributed by atoms with Crippen molar-refractivity contribution >= 4 is 44.7 Å². The van der Waals surface area contributed by atoms with Crippen LogP contribution in [0.1, 0.15) is 65.3 Å². The molecule has 0 atom stereocenters. The molecule has 0 spiro atoms. The number of benzene rings is 1. The number of imidazole rings is 1. The quantitative estimate of drug-likeness (QED) is 0.327. The Kier molecular flexibility index (Phi) is 8.27. The monoisotopic (exact) mass is 506 g/mol. The lowest BCUT2D eigenvalue weighted by Crippen LogP contribution is -2.33. The Morgan fingerprint density at radius 1 is 1.12 bits per heavy atom. The average Bonchev–Trinajstić information content (AvgIpc) is 3.09. The number of halogens is 1. The number of amides is 1. The lowest BCUT2D eigenvalue weighted by Gasteiger charge is -2.10. The number of fused-ring (bicyclic) bond motifs is 1. The molecule has 0 radical (unpaired) electrons. The second kappa shape index (κ2) is 11.0. The van der Waals surface area contributed by atoms with Crippen molar-refractivity contribution in [2.45, 2.75) is 46.6 Å². The van der Waals surface area contributed by atoms with Crippen LogP contribution in [0.25, 0.3) is 11.2 Å². The Labute approximate surface area is 203 Å². The number of esters is 1. The summed E-state index contributed by atoms with van der Waals surface area (Å²) < 4.78 is 33.2. The van der Waals surface area contributed by atoms with Crippen LogP contribution in [0.5, 0.6) is 0 Å². The van der Waals surface area contributed by atoms with E-state index in [2.05, 4.69) is 14.7 Å². The Balaban J connectivity index is 1.86. The minimum absolute atomic E-state index is 0.0310. The molecule has 2 heterocycles. The first-order valence-electron chi connectivity index (χ1n) is 11.0. The fourth-order valence-corrected chi connectivity index (χ4v) is 4.72. The third kappa shape index (κ3) is 6.12. The Morgan fingerprint density at radius 2 is 1.88 bits per heavy atom. The zero-order valence-electron chi connectivity index (χ0n) is 19.3. The predicted octanol–water partition coefficient (Wildman–Crippen LogP) is 3.87. The van der Waals surface area contributed by atoms with E-state index >= 15 is 0 Å². The number of rotatable bonds is 10. The number of unbranched alkanes of at least 4 members (excludes halogenated alkanes) is 2. The minimum atomic E-state index is -3.75. The lowest BCUT2D eigenvalue weighted by atomic mass is 10.1. The number of hydrogen-bond donors (Lipinski definition) is 1. The summed E-state index contributed by atoms with van der Waals surface area (Å²) >= 11 is 6.41. The van der Waals surface area contributed by atoms with Crippen molar-refractivity contribution < 1.29 is 22.7 Å². The number of aromatic nitrogens is 3. The van der Waals surface area contributed by atoms with Crippen molar-refractivity contribution in [1.29, 1.82) is 0 Å². The first-order valence-corrected chi connectivity index (χ1v) is 13.0. The summed E-state index contributed by atoms with van der Waals surface area (Å²) in [5.41, 5.74) is 2.00. The third-order valence-electron chi connectivity index (χ3n) is 5.17. The van der Waals surface area contributed by atoms with Gasteiger partial charge in [0.05, 0.1) is 24.5 Å². The molecule has 0 saturated heterocycles. The van der Waals surface area contributed by atoms with Crippen LogP contribution in [0.4, 0.5) is 0 Å². The van der Waals surface area contributed by atoms with Gasteiger partial charge in [-0.15, -0.1) is 0 Å². The maximum atomic E-state index is 12.6. The van der Waals surface area contributed by atoms with Gasteiger partial charge in [0, 0.05) is 5.02 Å². The van der Waals surface area contributed by atoms with Crippen LogP contribution in [-0.4, -0.2) is 47.2 Å². The second-order valence-electron chi connectivity index (χ2n) is 7.77. The van der Waals surface area contributed by atoms with Gasteiger partial charge in [-0.25, -0.2) is 27.9 Å². The topological polar surface area (TPSA) is 120 Å². The highest BCUT2D eigenvalue weighted by atomic mass is 35.5. The molecule has 11 heteroatoms. The van der Waals surface area contributed by atoms with E-state index in [-0.39, 0.29) is 24.6 Å². The summed E-state index contributed by atoms with van der Waals surface area (Å²) in [5, 5.41) is 0.374. The van der Waals surface area contributed by atoms with E-state index in [1.165, 1.54) is 6.07 Å². The van der Waals surface area contributed by atoms with Crippen LogP contribution < -0.4 is 4.72 Å². The van der Waals surface area contributed by atoms with Crippen LogP contribution in [0.2, 0.25) is 5.02 Å². The fraction of sp³-hybridized carbons (Fsp3) is 0.391. The Morgan fingerprint density at radius 3 is 2.56 bits per heavy atom. The number of aryl methyl sites for hydroxylation is 1. The van der Waals surface area contributed by atoms with E-state index in [4.69, 9.17) is 16.3 Å². The van der Waals surface area contributed by atoms with Gasteiger partial charge in [-0.1, -0.05) is 37.4 Å². The lowest BCUT2D eigenvalue weighted by molar-refractivity contribution is 0.0526. The summed E-state index contributed by atoms with van der Waals surface area (Å²) in [6, 6.07) is 7.95. The van der Waals surface area contributed by atoms with Gasteiger partial charge in [-0.05, 0) is 50.1 Å². The molecule has 3 rings (SSSR count). The van der Waals surface area contributed by atoms with Crippen LogP contribution in [0.3, 0.4) is 0 Å². The second-order valence-corrected chi connectivity index (χ2v) is 10.0. The van der Waals surface area contributed by atoms with Gasteiger partial charge < -0.3 is 9.30 Å². The zero-order valence-corrected chi connectivity index (χ0v) is 20.9. The molecule has 2 aromatic heterocycles. The molecular weight excluding hydrogens is 480 g/mol. The van der Waals surface area contributed by atoms with Crippen molar-refractivity contribution in [3.05, 3.63) is 58.0 Å². The van der Waals surface area contributed by atoms with E-state index in [1.54, 1.807) is 42.7 Å². The summed E-state index contributed by atoms with van der Waals surface area (Å²) in [6.07, 6.45) is 2.12. The molecule has 3 aromatic rings. The highest BCUT2D eigenvalue weighted by Crippen LogP contribution is 2.23. The summed E-state index contributed by atoms with van der Waals surface area (Å²) in [6.45, 7) is 6.04. The number of nitrogens with zero attached hydrogens (tertiary/aromatic N) is 3. The molecule has 1 aromatic carbocycles. The highest BCUT2D eigenvalue weighted by Gasteiger charge is 2.19. The molecule has 0 bridgehead atoms. The third-order valence-corrected chi connectivity index (χ3v) is 6.85. The molecule has 0 saturated carbocycles. The SMILES string of the molecule is CCCCCS(=O)(=O)NC(=O)c1ccc2nc(C)n(Cc3ccc(C(=O)OCC)cc3Cl)c2n1. The van der Waals surface area contributed by atoms with Crippen LogP contribution in [0.15, 0.2) is 30.3 Å². The molecule has 0 aliphatic rings. The van der Waals surface area contributed by atoms with Gasteiger partial charge in [0.1, 0.15) is 17.0 Å². The molecule has 9 nitrogen and oxygen atoms in total. The number of sulfonamides is 1. The zero-order chi connectivity index (χ0) is 24.9. The highest BCUT2D eigenvalue weighted by molar-refractivity contribution is 7.90.